The SMILES string of the molecule is O=[C]OC(=C=O)c1ccc(Br)cc1Cc1ccc([N+](=O)[O-])cc1. The number of rotatable bonds is 6. The van der Waals surface area contributed by atoms with Crippen molar-refractivity contribution >= 4 is 39.8 Å². The Morgan fingerprint density at radius 1 is 1.17 bits per heavy atom. The molecule has 0 unspecified atom stereocenters. The molecule has 0 saturated heterocycles. The van der Waals surface area contributed by atoms with Crippen LogP contribution in [-0.4, -0.2) is 17.3 Å². The Kier molecular flexibility index (Phi) is 5.41. The molecule has 0 aliphatic heterocycles. The minimum absolute atomic E-state index is 0.00409. The third-order valence-electron chi connectivity index (χ3n) is 3.09. The van der Waals surface area contributed by atoms with Gasteiger partial charge in [-0.2, -0.15) is 0 Å². The van der Waals surface area contributed by atoms with Gasteiger partial charge in [0, 0.05) is 22.2 Å². The molecule has 2 aromatic carbocycles. The van der Waals surface area contributed by atoms with Gasteiger partial charge in [0.05, 0.1) is 4.92 Å². The molecule has 1 radical (unpaired) electrons. The third kappa shape index (κ3) is 4.12. The minimum Gasteiger partial charge on any atom is -0.405 e. The van der Waals surface area contributed by atoms with Gasteiger partial charge in [-0.15, -0.1) is 0 Å². The molecule has 2 aromatic rings. The van der Waals surface area contributed by atoms with E-state index in [4.69, 9.17) is 0 Å². The molecule has 23 heavy (non-hydrogen) atoms. The molecule has 0 amide bonds. The van der Waals surface area contributed by atoms with Gasteiger partial charge in [0.2, 0.25) is 5.76 Å². The highest BCUT2D eigenvalue weighted by Gasteiger charge is 2.13. The fourth-order valence-electron chi connectivity index (χ4n) is 2.06. The number of nitro benzene ring substituents is 1. The molecule has 115 valence electrons. The lowest BCUT2D eigenvalue weighted by atomic mass is 9.99. The molecule has 7 heteroatoms. The molecular formula is C16H9BrNO5. The van der Waals surface area contributed by atoms with Crippen LogP contribution in [-0.2, 0) is 20.7 Å². The summed E-state index contributed by atoms with van der Waals surface area (Å²) in [6.45, 7) is 1.21. The van der Waals surface area contributed by atoms with Crippen molar-refractivity contribution in [3.8, 4) is 0 Å². The van der Waals surface area contributed by atoms with Crippen molar-refractivity contribution in [2.45, 2.75) is 6.42 Å². The maximum atomic E-state index is 11.0. The van der Waals surface area contributed by atoms with E-state index < -0.39 is 4.92 Å². The molecule has 0 saturated carbocycles. The van der Waals surface area contributed by atoms with Gasteiger partial charge in [-0.05, 0) is 35.7 Å². The van der Waals surface area contributed by atoms with E-state index in [-0.39, 0.29) is 11.4 Å². The molecule has 0 fully saturated rings. The summed E-state index contributed by atoms with van der Waals surface area (Å²) in [6.07, 6.45) is 0.389. The van der Waals surface area contributed by atoms with Gasteiger partial charge in [0.25, 0.3) is 5.69 Å². The molecule has 0 spiro atoms. The molecular weight excluding hydrogens is 366 g/mol. The van der Waals surface area contributed by atoms with Gasteiger partial charge >= 0.3 is 6.47 Å². The van der Waals surface area contributed by atoms with Gasteiger partial charge < -0.3 is 4.74 Å². The van der Waals surface area contributed by atoms with Crippen LogP contribution in [0.2, 0.25) is 0 Å². The molecule has 0 atom stereocenters. The number of benzene rings is 2. The lowest BCUT2D eigenvalue weighted by Crippen LogP contribution is -1.99. The second-order valence-electron chi connectivity index (χ2n) is 4.52. The van der Waals surface area contributed by atoms with Crippen molar-refractivity contribution < 1.29 is 19.2 Å². The van der Waals surface area contributed by atoms with Crippen LogP contribution in [0.1, 0.15) is 16.7 Å². The predicted molar refractivity (Wildman–Crippen MR) is 85.9 cm³/mol. The summed E-state index contributed by atoms with van der Waals surface area (Å²) < 4.78 is 5.31. The van der Waals surface area contributed by atoms with Crippen LogP contribution in [0.25, 0.3) is 5.76 Å². The average Bonchev–Trinajstić information content (AvgIpc) is 2.54. The zero-order chi connectivity index (χ0) is 16.8. The fourth-order valence-corrected chi connectivity index (χ4v) is 2.47. The number of hydrogen-bond acceptors (Lipinski definition) is 5. The van der Waals surface area contributed by atoms with Crippen LogP contribution in [0.4, 0.5) is 5.69 Å². The molecule has 0 aliphatic carbocycles. The normalized spacial score (nSPS) is 9.78. The first kappa shape index (κ1) is 16.6. The number of hydrogen-bond donors (Lipinski definition) is 0. The maximum absolute atomic E-state index is 11.0. The largest absolute Gasteiger partial charge is 0.424 e. The maximum Gasteiger partial charge on any atom is 0.424 e. The van der Waals surface area contributed by atoms with Crippen LogP contribution in [0.3, 0.4) is 0 Å². The van der Waals surface area contributed by atoms with Crippen molar-refractivity contribution in [2.75, 3.05) is 0 Å². The topological polar surface area (TPSA) is 86.5 Å². The summed E-state index contributed by atoms with van der Waals surface area (Å²) in [5.74, 6) is 1.31. The lowest BCUT2D eigenvalue weighted by molar-refractivity contribution is -0.384. The second kappa shape index (κ2) is 7.49. The first-order chi connectivity index (χ1) is 11.0. The predicted octanol–water partition coefficient (Wildman–Crippen LogP) is 3.20. The van der Waals surface area contributed by atoms with Gasteiger partial charge in [0.15, 0.2) is 5.94 Å². The van der Waals surface area contributed by atoms with E-state index in [2.05, 4.69) is 20.7 Å². The zero-order valence-electron chi connectivity index (χ0n) is 11.6. The summed E-state index contributed by atoms with van der Waals surface area (Å²) in [5.41, 5.74) is 1.90. The number of ether oxygens (including phenoxy) is 1. The Bertz CT molecular complexity index is 795. The van der Waals surface area contributed by atoms with Crippen LogP contribution in [0, 0.1) is 10.1 Å². The standard InChI is InChI=1S/C16H9BrNO5/c17-13-3-6-15(16(9-19)23-10-20)12(8-13)7-11-1-4-14(5-2-11)18(21)22/h1-6,8H,7H2. The Morgan fingerprint density at radius 2 is 1.87 bits per heavy atom. The summed E-state index contributed by atoms with van der Waals surface area (Å²) in [4.78, 5) is 31.5. The number of carbonyl (C=O) groups excluding carboxylic acids is 2. The Hall–Kier alpha value is -2.76. The Labute approximate surface area is 139 Å². The van der Waals surface area contributed by atoms with E-state index >= 15 is 0 Å². The second-order valence-corrected chi connectivity index (χ2v) is 5.43. The first-order valence-electron chi connectivity index (χ1n) is 6.36. The van der Waals surface area contributed by atoms with Crippen molar-refractivity contribution in [3.05, 3.63) is 73.7 Å². The summed E-state index contributed by atoms with van der Waals surface area (Å²) >= 11 is 3.34. The minimum atomic E-state index is -0.477. The summed E-state index contributed by atoms with van der Waals surface area (Å²) in [5, 5.41) is 10.7. The lowest BCUT2D eigenvalue weighted by Gasteiger charge is -2.09. The van der Waals surface area contributed by atoms with Crippen molar-refractivity contribution in [1.82, 2.24) is 0 Å². The van der Waals surface area contributed by atoms with Gasteiger partial charge in [-0.3, -0.25) is 10.1 Å². The molecule has 6 nitrogen and oxygen atoms in total. The van der Waals surface area contributed by atoms with E-state index in [0.29, 0.717) is 17.5 Å². The molecule has 0 aromatic heterocycles. The number of halogens is 1. The highest BCUT2D eigenvalue weighted by Crippen LogP contribution is 2.25. The van der Waals surface area contributed by atoms with Crippen molar-refractivity contribution in [2.24, 2.45) is 0 Å². The molecule has 2 rings (SSSR count). The van der Waals surface area contributed by atoms with Gasteiger partial charge in [0.1, 0.15) is 0 Å². The number of non-ortho nitro benzene ring substituents is 1. The van der Waals surface area contributed by atoms with E-state index in [9.17, 15) is 19.7 Å². The summed E-state index contributed by atoms with van der Waals surface area (Å²) in [6, 6.07) is 11.1. The van der Waals surface area contributed by atoms with Gasteiger partial charge in [-0.1, -0.05) is 28.1 Å². The Morgan fingerprint density at radius 3 is 2.43 bits per heavy atom. The molecule has 0 bridgehead atoms. The number of nitrogens with zero attached hydrogens (tertiary/aromatic N) is 1. The quantitative estimate of drug-likeness (QED) is 0.335. The smallest absolute Gasteiger partial charge is 0.405 e. The average molecular weight is 375 g/mol. The summed E-state index contributed by atoms with van der Waals surface area (Å²) in [7, 11) is 0. The monoisotopic (exact) mass is 374 g/mol. The highest BCUT2D eigenvalue weighted by atomic mass is 79.9. The van der Waals surface area contributed by atoms with Crippen LogP contribution in [0.5, 0.6) is 0 Å². The van der Waals surface area contributed by atoms with Crippen LogP contribution >= 0.6 is 15.9 Å². The number of nitro groups is 1. The van der Waals surface area contributed by atoms with Crippen LogP contribution in [0.15, 0.2) is 46.9 Å². The van der Waals surface area contributed by atoms with E-state index in [0.717, 1.165) is 10.0 Å². The van der Waals surface area contributed by atoms with Crippen molar-refractivity contribution in [1.29, 1.82) is 0 Å². The highest BCUT2D eigenvalue weighted by molar-refractivity contribution is 9.10. The van der Waals surface area contributed by atoms with Crippen molar-refractivity contribution in [3.63, 3.8) is 0 Å². The molecule has 0 N–H and O–H groups in total. The Balaban J connectivity index is 2.38. The third-order valence-corrected chi connectivity index (χ3v) is 3.58. The fraction of sp³-hybridized carbons (Fsp3) is 0.0625. The van der Waals surface area contributed by atoms with E-state index in [1.54, 1.807) is 36.3 Å². The molecule has 0 heterocycles. The van der Waals surface area contributed by atoms with Gasteiger partial charge in [-0.25, -0.2) is 9.59 Å². The van der Waals surface area contributed by atoms with Crippen LogP contribution < -0.4 is 0 Å². The van der Waals surface area contributed by atoms with E-state index in [1.165, 1.54) is 18.6 Å². The molecule has 0 aliphatic rings. The van der Waals surface area contributed by atoms with E-state index in [1.807, 2.05) is 0 Å². The first-order valence-corrected chi connectivity index (χ1v) is 7.15. The zero-order valence-corrected chi connectivity index (χ0v) is 13.2.